The number of carbonyl (C=O) groups excluding carboxylic acids is 2. The molecule has 0 radical (unpaired) electrons. The van der Waals surface area contributed by atoms with Gasteiger partial charge in [0.25, 0.3) is 0 Å². The summed E-state index contributed by atoms with van der Waals surface area (Å²) in [4.78, 5) is 28.1. The van der Waals surface area contributed by atoms with Crippen molar-refractivity contribution in [2.75, 3.05) is 11.9 Å². The Labute approximate surface area is 223 Å². The van der Waals surface area contributed by atoms with E-state index in [1.54, 1.807) is 30.3 Å². The molecule has 0 unspecified atom stereocenters. The third kappa shape index (κ3) is 6.01. The largest absolute Gasteiger partial charge is 0.460 e. The van der Waals surface area contributed by atoms with Crippen LogP contribution in [0.15, 0.2) is 133 Å². The molecular weight excluding hydrogens is 472 g/mol. The number of esters is 1. The van der Waals surface area contributed by atoms with E-state index < -0.39 is 12.0 Å². The molecule has 5 nitrogen and oxygen atoms in total. The molecule has 5 rings (SSSR count). The zero-order valence-electron chi connectivity index (χ0n) is 21.0. The number of nitrogens with zero attached hydrogens (tertiary/aromatic N) is 1. The monoisotopic (exact) mass is 502 g/mol. The first-order valence-electron chi connectivity index (χ1n) is 12.8. The summed E-state index contributed by atoms with van der Waals surface area (Å²) in [5.41, 5.74) is 3.54. The standard InChI is InChI=1S/C33H30N2O3/c36-32-22-21-30(29(23-25-13-5-1-6-14-25)34-28-19-11-4-12-20-28)35(32)31(26-15-7-2-8-16-26)24-38-33(37)27-17-9-3-10-18-27/h1-22,29-31,34H,23-24H2/t29-,30-,31-/m0/s1. The minimum atomic E-state index is -0.452. The van der Waals surface area contributed by atoms with Crippen LogP contribution >= 0.6 is 0 Å². The highest BCUT2D eigenvalue weighted by atomic mass is 16.5. The molecule has 0 aliphatic carbocycles. The lowest BCUT2D eigenvalue weighted by Gasteiger charge is -2.38. The maximum absolute atomic E-state index is 13.4. The van der Waals surface area contributed by atoms with Crippen LogP contribution in [-0.4, -0.2) is 35.5 Å². The first-order valence-corrected chi connectivity index (χ1v) is 12.8. The zero-order chi connectivity index (χ0) is 26.2. The number of benzene rings is 4. The van der Waals surface area contributed by atoms with Crippen LogP contribution in [0.4, 0.5) is 5.69 Å². The first-order chi connectivity index (χ1) is 18.7. The predicted octanol–water partition coefficient (Wildman–Crippen LogP) is 6.08. The second-order valence-corrected chi connectivity index (χ2v) is 9.29. The average molecular weight is 503 g/mol. The van der Waals surface area contributed by atoms with Crippen molar-refractivity contribution in [2.24, 2.45) is 0 Å². The average Bonchev–Trinajstić information content (AvgIpc) is 3.36. The van der Waals surface area contributed by atoms with Gasteiger partial charge in [-0.2, -0.15) is 0 Å². The molecular formula is C33H30N2O3. The highest BCUT2D eigenvalue weighted by Crippen LogP contribution is 2.31. The van der Waals surface area contributed by atoms with Crippen molar-refractivity contribution in [2.45, 2.75) is 24.5 Å². The quantitative estimate of drug-likeness (QED) is 0.267. The Hall–Kier alpha value is -4.64. The molecule has 5 heteroatoms. The fraction of sp³-hybridized carbons (Fsp3) is 0.152. The van der Waals surface area contributed by atoms with E-state index in [-0.39, 0.29) is 24.6 Å². The van der Waals surface area contributed by atoms with Crippen molar-refractivity contribution >= 4 is 17.6 Å². The lowest BCUT2D eigenvalue weighted by molar-refractivity contribution is -0.130. The van der Waals surface area contributed by atoms with Gasteiger partial charge in [-0.3, -0.25) is 4.79 Å². The predicted molar refractivity (Wildman–Crippen MR) is 150 cm³/mol. The summed E-state index contributed by atoms with van der Waals surface area (Å²) in [6.45, 7) is 0.0467. The zero-order valence-corrected chi connectivity index (χ0v) is 21.0. The first kappa shape index (κ1) is 25.0. The lowest BCUT2D eigenvalue weighted by Crippen LogP contribution is -2.49. The van der Waals surface area contributed by atoms with Gasteiger partial charge in [-0.15, -0.1) is 0 Å². The van der Waals surface area contributed by atoms with Gasteiger partial charge in [-0.25, -0.2) is 4.79 Å². The molecule has 1 N–H and O–H groups in total. The maximum Gasteiger partial charge on any atom is 0.338 e. The molecule has 0 aromatic heterocycles. The number of carbonyl (C=O) groups is 2. The molecule has 1 aliphatic heterocycles. The summed E-state index contributed by atoms with van der Waals surface area (Å²) in [6.07, 6.45) is 4.30. The van der Waals surface area contributed by atoms with Crippen LogP contribution < -0.4 is 5.32 Å². The van der Waals surface area contributed by atoms with Gasteiger partial charge in [0.05, 0.1) is 23.7 Å². The Bertz CT molecular complexity index is 1320. The van der Waals surface area contributed by atoms with Crippen LogP contribution in [0.25, 0.3) is 0 Å². The smallest absolute Gasteiger partial charge is 0.338 e. The van der Waals surface area contributed by atoms with Gasteiger partial charge >= 0.3 is 5.97 Å². The van der Waals surface area contributed by atoms with Crippen LogP contribution in [0.3, 0.4) is 0 Å². The fourth-order valence-corrected chi connectivity index (χ4v) is 4.89. The van der Waals surface area contributed by atoms with E-state index >= 15 is 0 Å². The Balaban J connectivity index is 1.45. The molecule has 0 saturated carbocycles. The van der Waals surface area contributed by atoms with Crippen molar-refractivity contribution in [1.29, 1.82) is 0 Å². The number of hydrogen-bond donors (Lipinski definition) is 1. The van der Waals surface area contributed by atoms with E-state index in [9.17, 15) is 9.59 Å². The van der Waals surface area contributed by atoms with Gasteiger partial charge in [0.2, 0.25) is 5.91 Å². The van der Waals surface area contributed by atoms with Crippen molar-refractivity contribution in [3.8, 4) is 0 Å². The Morgan fingerprint density at radius 2 is 1.37 bits per heavy atom. The second-order valence-electron chi connectivity index (χ2n) is 9.29. The van der Waals surface area contributed by atoms with Gasteiger partial charge < -0.3 is 15.0 Å². The van der Waals surface area contributed by atoms with Gasteiger partial charge in [0, 0.05) is 11.8 Å². The number of ether oxygens (including phenoxy) is 1. The topological polar surface area (TPSA) is 58.6 Å². The molecule has 0 saturated heterocycles. The van der Waals surface area contributed by atoms with Crippen LogP contribution in [0, 0.1) is 0 Å². The molecule has 4 aromatic rings. The van der Waals surface area contributed by atoms with E-state index in [0.29, 0.717) is 12.0 Å². The van der Waals surface area contributed by atoms with Crippen molar-refractivity contribution in [1.82, 2.24) is 4.90 Å². The SMILES string of the molecule is O=C(OC[C@@H](c1ccccc1)N1C(=O)C=C[C@H]1[C@H](Cc1ccccc1)Nc1ccccc1)c1ccccc1. The summed E-state index contributed by atoms with van der Waals surface area (Å²) >= 11 is 0. The molecule has 0 spiro atoms. The van der Waals surface area contributed by atoms with Crippen molar-refractivity contribution < 1.29 is 14.3 Å². The highest BCUT2D eigenvalue weighted by Gasteiger charge is 2.38. The molecule has 0 bridgehead atoms. The van der Waals surface area contributed by atoms with Crippen LogP contribution in [0.2, 0.25) is 0 Å². The summed E-state index contributed by atoms with van der Waals surface area (Å²) < 4.78 is 5.79. The van der Waals surface area contributed by atoms with Crippen LogP contribution in [0.1, 0.15) is 27.5 Å². The molecule has 190 valence electrons. The third-order valence-corrected chi connectivity index (χ3v) is 6.75. The van der Waals surface area contributed by atoms with Gasteiger partial charge in [0.15, 0.2) is 0 Å². The van der Waals surface area contributed by atoms with Crippen molar-refractivity contribution in [3.63, 3.8) is 0 Å². The molecule has 38 heavy (non-hydrogen) atoms. The van der Waals surface area contributed by atoms with E-state index in [4.69, 9.17) is 4.74 Å². The minimum Gasteiger partial charge on any atom is -0.460 e. The number of para-hydroxylation sites is 1. The van der Waals surface area contributed by atoms with E-state index in [1.807, 2.05) is 95.9 Å². The van der Waals surface area contributed by atoms with Gasteiger partial charge in [-0.1, -0.05) is 103 Å². The van der Waals surface area contributed by atoms with E-state index in [2.05, 4.69) is 17.4 Å². The number of anilines is 1. The normalized spacial score (nSPS) is 16.2. The number of amides is 1. The summed E-state index contributed by atoms with van der Waals surface area (Å²) in [6, 6.07) is 38.1. The van der Waals surface area contributed by atoms with Gasteiger partial charge in [0.1, 0.15) is 6.61 Å². The molecule has 3 atom stereocenters. The Morgan fingerprint density at radius 1 is 0.789 bits per heavy atom. The summed E-state index contributed by atoms with van der Waals surface area (Å²) in [5, 5.41) is 3.66. The van der Waals surface area contributed by atoms with Gasteiger partial charge in [-0.05, 0) is 41.8 Å². The third-order valence-electron chi connectivity index (χ3n) is 6.75. The van der Waals surface area contributed by atoms with E-state index in [1.165, 1.54) is 5.56 Å². The van der Waals surface area contributed by atoms with Crippen molar-refractivity contribution in [3.05, 3.63) is 150 Å². The lowest BCUT2D eigenvalue weighted by atomic mass is 9.96. The van der Waals surface area contributed by atoms with Crippen LogP contribution in [0.5, 0.6) is 0 Å². The molecule has 1 amide bonds. The van der Waals surface area contributed by atoms with E-state index in [0.717, 1.165) is 11.3 Å². The highest BCUT2D eigenvalue weighted by molar-refractivity contribution is 5.91. The number of hydrogen-bond acceptors (Lipinski definition) is 4. The molecule has 4 aromatic carbocycles. The summed E-state index contributed by atoms with van der Waals surface area (Å²) in [5.74, 6) is -0.515. The molecule has 0 fully saturated rings. The number of nitrogens with one attached hydrogen (secondary N) is 1. The summed E-state index contributed by atoms with van der Waals surface area (Å²) in [7, 11) is 0. The Kier molecular flexibility index (Phi) is 7.95. The number of rotatable bonds is 10. The molecule has 1 heterocycles. The molecule has 1 aliphatic rings. The fourth-order valence-electron chi connectivity index (χ4n) is 4.89. The Morgan fingerprint density at radius 3 is 2.03 bits per heavy atom. The van der Waals surface area contributed by atoms with Crippen LogP contribution in [-0.2, 0) is 16.0 Å². The maximum atomic E-state index is 13.4. The minimum absolute atomic E-state index is 0.0467. The second kappa shape index (κ2) is 12.1.